The third kappa shape index (κ3) is 2.38. The van der Waals surface area contributed by atoms with Gasteiger partial charge in [0.1, 0.15) is 0 Å². The topological polar surface area (TPSA) is 54.0 Å². The van der Waals surface area contributed by atoms with Crippen molar-refractivity contribution in [2.24, 2.45) is 0 Å². The molecule has 0 radical (unpaired) electrons. The minimum Gasteiger partial charge on any atom is -0.352 e. The molecule has 96 valence electrons. The highest BCUT2D eigenvalue weighted by molar-refractivity contribution is 5.78. The monoisotopic (exact) mass is 245 g/mol. The van der Waals surface area contributed by atoms with Gasteiger partial charge >= 0.3 is 0 Å². The summed E-state index contributed by atoms with van der Waals surface area (Å²) in [6, 6.07) is 4.84. The van der Waals surface area contributed by atoms with Crippen molar-refractivity contribution in [1.82, 2.24) is 15.6 Å². The van der Waals surface area contributed by atoms with Gasteiger partial charge in [-0.15, -0.1) is 0 Å². The molecule has 2 unspecified atom stereocenters. The first-order valence-electron chi connectivity index (χ1n) is 6.79. The Labute approximate surface area is 107 Å². The lowest BCUT2D eigenvalue weighted by molar-refractivity contribution is -0.119. The van der Waals surface area contributed by atoms with E-state index in [1.54, 1.807) is 0 Å². The van der Waals surface area contributed by atoms with Crippen LogP contribution in [0.15, 0.2) is 18.3 Å². The Morgan fingerprint density at radius 2 is 2.33 bits per heavy atom. The maximum atomic E-state index is 11.2. The summed E-state index contributed by atoms with van der Waals surface area (Å²) in [6.45, 7) is 0.854. The van der Waals surface area contributed by atoms with Gasteiger partial charge in [-0.3, -0.25) is 9.78 Å². The van der Waals surface area contributed by atoms with Gasteiger partial charge in [0, 0.05) is 31.2 Å². The van der Waals surface area contributed by atoms with Crippen LogP contribution in [0.4, 0.5) is 0 Å². The van der Waals surface area contributed by atoms with Crippen molar-refractivity contribution < 1.29 is 4.79 Å². The highest BCUT2D eigenvalue weighted by Gasteiger charge is 2.24. The van der Waals surface area contributed by atoms with Crippen LogP contribution in [0.3, 0.4) is 0 Å². The lowest BCUT2D eigenvalue weighted by atomic mass is 9.92. The molecule has 0 saturated carbocycles. The quantitative estimate of drug-likeness (QED) is 0.844. The number of hydrogen-bond acceptors (Lipinski definition) is 3. The van der Waals surface area contributed by atoms with E-state index in [0.29, 0.717) is 18.5 Å². The van der Waals surface area contributed by atoms with E-state index in [1.165, 1.54) is 17.7 Å². The van der Waals surface area contributed by atoms with Crippen LogP contribution >= 0.6 is 0 Å². The Bertz CT molecular complexity index is 446. The maximum Gasteiger partial charge on any atom is 0.220 e. The van der Waals surface area contributed by atoms with Crippen molar-refractivity contribution in [3.05, 3.63) is 29.6 Å². The molecule has 2 aliphatic rings. The van der Waals surface area contributed by atoms with Gasteiger partial charge < -0.3 is 10.6 Å². The van der Waals surface area contributed by atoms with E-state index in [2.05, 4.69) is 21.7 Å². The second kappa shape index (κ2) is 5.06. The standard InChI is InChI=1S/C14H19N3O/c18-13-7-6-11(17-13)9-16-12-5-1-3-10-4-2-8-15-14(10)12/h2,4,8,11-12,16H,1,3,5-7,9H2,(H,17,18). The molecule has 0 aromatic carbocycles. The van der Waals surface area contributed by atoms with E-state index in [0.717, 1.165) is 25.8 Å². The van der Waals surface area contributed by atoms with Crippen molar-refractivity contribution in [1.29, 1.82) is 0 Å². The van der Waals surface area contributed by atoms with E-state index in [9.17, 15) is 4.79 Å². The van der Waals surface area contributed by atoms with E-state index < -0.39 is 0 Å². The first-order valence-corrected chi connectivity index (χ1v) is 6.79. The van der Waals surface area contributed by atoms with Gasteiger partial charge in [0.2, 0.25) is 5.91 Å². The summed E-state index contributed by atoms with van der Waals surface area (Å²) in [6.07, 6.45) is 7.00. The summed E-state index contributed by atoms with van der Waals surface area (Å²) in [7, 11) is 0. The molecule has 18 heavy (non-hydrogen) atoms. The number of rotatable bonds is 3. The number of nitrogens with one attached hydrogen (secondary N) is 2. The van der Waals surface area contributed by atoms with E-state index in [1.807, 2.05) is 12.3 Å². The van der Waals surface area contributed by atoms with E-state index in [-0.39, 0.29) is 5.91 Å². The van der Waals surface area contributed by atoms with Crippen LogP contribution in [0.5, 0.6) is 0 Å². The third-order valence-electron chi connectivity index (χ3n) is 3.89. The predicted octanol–water partition coefficient (Wildman–Crippen LogP) is 1.33. The molecule has 1 aromatic rings. The number of pyridine rings is 1. The van der Waals surface area contributed by atoms with Crippen LogP contribution in [0.2, 0.25) is 0 Å². The van der Waals surface area contributed by atoms with Crippen LogP contribution in [-0.4, -0.2) is 23.5 Å². The zero-order valence-electron chi connectivity index (χ0n) is 10.5. The Kier molecular flexibility index (Phi) is 3.28. The fraction of sp³-hybridized carbons (Fsp3) is 0.571. The molecular weight excluding hydrogens is 226 g/mol. The normalized spacial score (nSPS) is 26.8. The van der Waals surface area contributed by atoms with Gasteiger partial charge in [-0.25, -0.2) is 0 Å². The lowest BCUT2D eigenvalue weighted by Crippen LogP contribution is -2.38. The zero-order chi connectivity index (χ0) is 12.4. The van der Waals surface area contributed by atoms with Gasteiger partial charge in [0.05, 0.1) is 5.69 Å². The minimum absolute atomic E-state index is 0.184. The molecule has 2 N–H and O–H groups in total. The molecule has 0 spiro atoms. The number of amides is 1. The fourth-order valence-corrected chi connectivity index (χ4v) is 2.92. The van der Waals surface area contributed by atoms with Crippen molar-refractivity contribution in [2.75, 3.05) is 6.54 Å². The molecule has 1 saturated heterocycles. The van der Waals surface area contributed by atoms with Gasteiger partial charge in [0.25, 0.3) is 0 Å². The van der Waals surface area contributed by atoms with E-state index >= 15 is 0 Å². The van der Waals surface area contributed by atoms with Crippen LogP contribution in [0, 0.1) is 0 Å². The molecule has 2 heterocycles. The number of aromatic nitrogens is 1. The van der Waals surface area contributed by atoms with Crippen LogP contribution in [-0.2, 0) is 11.2 Å². The number of fused-ring (bicyclic) bond motifs is 1. The molecule has 3 rings (SSSR count). The smallest absolute Gasteiger partial charge is 0.220 e. The summed E-state index contributed by atoms with van der Waals surface area (Å²) < 4.78 is 0. The zero-order valence-corrected chi connectivity index (χ0v) is 10.5. The van der Waals surface area contributed by atoms with Crippen LogP contribution in [0.25, 0.3) is 0 Å². The van der Waals surface area contributed by atoms with Crippen molar-refractivity contribution in [3.63, 3.8) is 0 Å². The van der Waals surface area contributed by atoms with Crippen LogP contribution < -0.4 is 10.6 Å². The van der Waals surface area contributed by atoms with Gasteiger partial charge in [0.15, 0.2) is 0 Å². The largest absolute Gasteiger partial charge is 0.352 e. The van der Waals surface area contributed by atoms with Crippen LogP contribution in [0.1, 0.15) is 43.0 Å². The van der Waals surface area contributed by atoms with Crippen molar-refractivity contribution in [2.45, 2.75) is 44.2 Å². The Hall–Kier alpha value is -1.42. The average molecular weight is 245 g/mol. The summed E-state index contributed by atoms with van der Waals surface area (Å²) in [5.41, 5.74) is 2.57. The first kappa shape index (κ1) is 11.7. The Morgan fingerprint density at radius 1 is 1.39 bits per heavy atom. The Morgan fingerprint density at radius 3 is 3.17 bits per heavy atom. The third-order valence-corrected chi connectivity index (χ3v) is 3.89. The predicted molar refractivity (Wildman–Crippen MR) is 69.1 cm³/mol. The van der Waals surface area contributed by atoms with E-state index in [4.69, 9.17) is 0 Å². The second-order valence-electron chi connectivity index (χ2n) is 5.20. The second-order valence-corrected chi connectivity index (χ2v) is 5.20. The molecule has 1 aliphatic carbocycles. The summed E-state index contributed by atoms with van der Waals surface area (Å²) in [5.74, 6) is 0.184. The molecule has 4 nitrogen and oxygen atoms in total. The summed E-state index contributed by atoms with van der Waals surface area (Å²) >= 11 is 0. The van der Waals surface area contributed by atoms with Crippen molar-refractivity contribution in [3.8, 4) is 0 Å². The SMILES string of the molecule is O=C1CCC(CNC2CCCc3cccnc32)N1. The molecule has 2 atom stereocenters. The van der Waals surface area contributed by atoms with Gasteiger partial charge in [-0.05, 0) is 37.3 Å². The highest BCUT2D eigenvalue weighted by Crippen LogP contribution is 2.27. The molecule has 1 aliphatic heterocycles. The molecular formula is C14H19N3O. The number of hydrogen-bond donors (Lipinski definition) is 2. The summed E-state index contributed by atoms with van der Waals surface area (Å²) in [4.78, 5) is 15.7. The molecule has 1 aromatic heterocycles. The molecule has 1 fully saturated rings. The fourth-order valence-electron chi connectivity index (χ4n) is 2.92. The first-order chi connectivity index (χ1) is 8.83. The number of carbonyl (C=O) groups excluding carboxylic acids is 1. The molecule has 4 heteroatoms. The molecule has 1 amide bonds. The number of carbonyl (C=O) groups is 1. The number of nitrogens with zero attached hydrogens (tertiary/aromatic N) is 1. The van der Waals surface area contributed by atoms with Crippen molar-refractivity contribution >= 4 is 5.91 Å². The van der Waals surface area contributed by atoms with Gasteiger partial charge in [-0.1, -0.05) is 6.07 Å². The highest BCUT2D eigenvalue weighted by atomic mass is 16.1. The number of aryl methyl sites for hydroxylation is 1. The average Bonchev–Trinajstić information content (AvgIpc) is 2.82. The molecule has 0 bridgehead atoms. The Balaban J connectivity index is 1.62. The summed E-state index contributed by atoms with van der Waals surface area (Å²) in [5, 5.41) is 6.56. The van der Waals surface area contributed by atoms with Gasteiger partial charge in [-0.2, -0.15) is 0 Å². The lowest BCUT2D eigenvalue weighted by Gasteiger charge is -2.26. The minimum atomic E-state index is 0.184. The maximum absolute atomic E-state index is 11.2.